The number of Topliss-reactive ketones (excluding diaryl/α,β-unsaturated/α-hetero) is 1. The van der Waals surface area contributed by atoms with E-state index in [0.29, 0.717) is 17.4 Å². The molecular formula is C22H24F2N6O3. The van der Waals surface area contributed by atoms with Gasteiger partial charge in [-0.25, -0.2) is 24.3 Å². The summed E-state index contributed by atoms with van der Waals surface area (Å²) in [7, 11) is 0. The van der Waals surface area contributed by atoms with Gasteiger partial charge in [-0.3, -0.25) is 4.79 Å². The summed E-state index contributed by atoms with van der Waals surface area (Å²) in [6.45, 7) is 0.938. The molecule has 3 rings (SSSR count). The molecule has 1 aromatic heterocycles. The molecule has 33 heavy (non-hydrogen) atoms. The molecule has 2 aromatic carbocycles. The molecule has 0 aliphatic rings. The van der Waals surface area contributed by atoms with Crippen molar-refractivity contribution in [2.75, 3.05) is 13.2 Å². The van der Waals surface area contributed by atoms with Crippen LogP contribution in [0, 0.1) is 11.6 Å². The molecular weight excluding hydrogens is 434 g/mol. The third kappa shape index (κ3) is 6.34. The number of benzene rings is 2. The van der Waals surface area contributed by atoms with Crippen LogP contribution in [0.5, 0.6) is 5.75 Å². The highest BCUT2D eigenvalue weighted by molar-refractivity contribution is 5.94. The lowest BCUT2D eigenvalue weighted by molar-refractivity contribution is -0.0118. The number of hydrazine groups is 1. The van der Waals surface area contributed by atoms with Gasteiger partial charge in [0.2, 0.25) is 0 Å². The minimum absolute atomic E-state index is 0.0282. The van der Waals surface area contributed by atoms with Crippen molar-refractivity contribution in [3.63, 3.8) is 0 Å². The predicted octanol–water partition coefficient (Wildman–Crippen LogP) is 1.70. The zero-order valence-corrected chi connectivity index (χ0v) is 17.9. The van der Waals surface area contributed by atoms with E-state index >= 15 is 0 Å². The van der Waals surface area contributed by atoms with Crippen molar-refractivity contribution in [2.45, 2.75) is 19.1 Å². The molecule has 1 atom stereocenters. The van der Waals surface area contributed by atoms with Crippen LogP contribution in [-0.2, 0) is 12.1 Å². The Bertz CT molecular complexity index is 1120. The number of halogens is 2. The Morgan fingerprint density at radius 2 is 2.00 bits per heavy atom. The van der Waals surface area contributed by atoms with Gasteiger partial charge in [0.25, 0.3) is 0 Å². The lowest BCUT2D eigenvalue weighted by Gasteiger charge is -2.32. The van der Waals surface area contributed by atoms with Crippen LogP contribution in [-0.4, -0.2) is 43.8 Å². The number of carbonyl (C=O) groups excluding carboxylic acids is 1. The summed E-state index contributed by atoms with van der Waals surface area (Å²) in [5.74, 6) is 4.74. The SMILES string of the molecule is CC(=O)c1ccc(OC/C(N)=C/N(N)CC(O)(Cn2cncn2)c2ccc(F)cc2F)cc1. The lowest BCUT2D eigenvalue weighted by atomic mass is 9.92. The first kappa shape index (κ1) is 23.8. The highest BCUT2D eigenvalue weighted by atomic mass is 19.1. The van der Waals surface area contributed by atoms with Crippen LogP contribution in [0.4, 0.5) is 8.78 Å². The highest BCUT2D eigenvalue weighted by Crippen LogP contribution is 2.27. The van der Waals surface area contributed by atoms with Crippen LogP contribution in [0.2, 0.25) is 0 Å². The fraction of sp³-hybridized carbons (Fsp3) is 0.227. The number of aliphatic hydroxyl groups is 1. The standard InChI is InChI=1S/C22H24F2N6O3/c1-15(31)16-2-5-19(6-3-16)33-10-18(25)9-29(26)11-22(32,12-30-14-27-13-28-30)20-7-4-17(23)8-21(20)24/h2-9,13-14,32H,10-12,25-26H2,1H3/b18-9-. The maximum absolute atomic E-state index is 14.5. The van der Waals surface area contributed by atoms with E-state index in [-0.39, 0.29) is 36.7 Å². The summed E-state index contributed by atoms with van der Waals surface area (Å²) in [5.41, 5.74) is 4.69. The van der Waals surface area contributed by atoms with Crippen molar-refractivity contribution < 1.29 is 23.4 Å². The first-order valence-electron chi connectivity index (χ1n) is 9.88. The zero-order chi connectivity index (χ0) is 24.0. The molecule has 0 radical (unpaired) electrons. The quantitative estimate of drug-likeness (QED) is 0.238. The molecule has 0 aliphatic carbocycles. The Labute approximate surface area is 188 Å². The summed E-state index contributed by atoms with van der Waals surface area (Å²) in [6, 6.07) is 9.41. The molecule has 0 bridgehead atoms. The fourth-order valence-corrected chi connectivity index (χ4v) is 3.22. The van der Waals surface area contributed by atoms with E-state index in [2.05, 4.69) is 10.1 Å². The number of rotatable bonds is 10. The van der Waals surface area contributed by atoms with Gasteiger partial charge in [-0.05, 0) is 37.3 Å². The van der Waals surface area contributed by atoms with Crippen molar-refractivity contribution in [3.8, 4) is 5.75 Å². The van der Waals surface area contributed by atoms with Gasteiger partial charge in [0.05, 0.1) is 18.8 Å². The Kier molecular flexibility index (Phi) is 7.36. The molecule has 0 spiro atoms. The van der Waals surface area contributed by atoms with E-state index in [4.69, 9.17) is 16.3 Å². The normalized spacial score (nSPS) is 13.4. The molecule has 0 amide bonds. The molecule has 9 nitrogen and oxygen atoms in total. The summed E-state index contributed by atoms with van der Waals surface area (Å²) in [6.07, 6.45) is 3.94. The molecule has 11 heteroatoms. The van der Waals surface area contributed by atoms with Gasteiger partial charge < -0.3 is 20.6 Å². The second kappa shape index (κ2) is 10.2. The number of carbonyl (C=O) groups is 1. The molecule has 1 heterocycles. The van der Waals surface area contributed by atoms with E-state index < -0.39 is 17.2 Å². The van der Waals surface area contributed by atoms with Gasteiger partial charge in [-0.1, -0.05) is 6.07 Å². The van der Waals surface area contributed by atoms with Crippen molar-refractivity contribution >= 4 is 5.78 Å². The highest BCUT2D eigenvalue weighted by Gasteiger charge is 2.35. The first-order valence-corrected chi connectivity index (χ1v) is 9.88. The van der Waals surface area contributed by atoms with Crippen LogP contribution in [0.1, 0.15) is 22.8 Å². The molecule has 3 aromatic rings. The van der Waals surface area contributed by atoms with Crippen LogP contribution in [0.25, 0.3) is 0 Å². The van der Waals surface area contributed by atoms with E-state index in [9.17, 15) is 18.7 Å². The summed E-state index contributed by atoms with van der Waals surface area (Å²) in [4.78, 5) is 15.1. The van der Waals surface area contributed by atoms with Gasteiger partial charge in [-0.15, -0.1) is 0 Å². The monoisotopic (exact) mass is 458 g/mol. The van der Waals surface area contributed by atoms with Gasteiger partial charge >= 0.3 is 0 Å². The van der Waals surface area contributed by atoms with Gasteiger partial charge in [-0.2, -0.15) is 5.10 Å². The number of ketones is 1. The van der Waals surface area contributed by atoms with Gasteiger partial charge in [0.15, 0.2) is 5.78 Å². The third-order valence-electron chi connectivity index (χ3n) is 4.76. The Balaban J connectivity index is 1.72. The number of hydrogen-bond acceptors (Lipinski definition) is 8. The van der Waals surface area contributed by atoms with E-state index in [1.54, 1.807) is 24.3 Å². The van der Waals surface area contributed by atoms with Crippen molar-refractivity contribution in [1.82, 2.24) is 19.8 Å². The minimum atomic E-state index is -1.89. The maximum atomic E-state index is 14.5. The maximum Gasteiger partial charge on any atom is 0.159 e. The van der Waals surface area contributed by atoms with Crippen molar-refractivity contribution in [1.29, 1.82) is 0 Å². The number of ether oxygens (including phenoxy) is 1. The van der Waals surface area contributed by atoms with Crippen LogP contribution >= 0.6 is 0 Å². The fourth-order valence-electron chi connectivity index (χ4n) is 3.22. The van der Waals surface area contributed by atoms with Gasteiger partial charge in [0, 0.05) is 23.4 Å². The van der Waals surface area contributed by atoms with E-state index in [1.165, 1.54) is 30.5 Å². The molecule has 0 aliphatic heterocycles. The second-order valence-corrected chi connectivity index (χ2v) is 7.49. The Morgan fingerprint density at radius 3 is 2.61 bits per heavy atom. The van der Waals surface area contributed by atoms with Crippen molar-refractivity contribution in [2.24, 2.45) is 11.6 Å². The number of hydrogen-bond donors (Lipinski definition) is 3. The summed E-state index contributed by atoms with van der Waals surface area (Å²) in [5, 5.41) is 16.3. The van der Waals surface area contributed by atoms with Crippen LogP contribution < -0.4 is 16.3 Å². The molecule has 0 saturated carbocycles. The summed E-state index contributed by atoms with van der Waals surface area (Å²) >= 11 is 0. The summed E-state index contributed by atoms with van der Waals surface area (Å²) < 4.78 is 34.7. The first-order chi connectivity index (χ1) is 15.7. The predicted molar refractivity (Wildman–Crippen MR) is 115 cm³/mol. The number of nitrogens with zero attached hydrogens (tertiary/aromatic N) is 4. The minimum Gasteiger partial charge on any atom is -0.487 e. The smallest absolute Gasteiger partial charge is 0.159 e. The second-order valence-electron chi connectivity index (χ2n) is 7.49. The molecule has 0 saturated heterocycles. The molecule has 5 N–H and O–H groups in total. The van der Waals surface area contributed by atoms with Gasteiger partial charge in [0.1, 0.15) is 42.2 Å². The lowest BCUT2D eigenvalue weighted by Crippen LogP contribution is -2.45. The van der Waals surface area contributed by atoms with E-state index in [0.717, 1.165) is 17.1 Å². The molecule has 174 valence electrons. The Morgan fingerprint density at radius 1 is 1.27 bits per heavy atom. The molecule has 1 unspecified atom stereocenters. The largest absolute Gasteiger partial charge is 0.487 e. The number of nitrogens with two attached hydrogens (primary N) is 2. The van der Waals surface area contributed by atoms with E-state index in [1.807, 2.05) is 0 Å². The van der Waals surface area contributed by atoms with Crippen LogP contribution in [0.15, 0.2) is 67.0 Å². The average molecular weight is 458 g/mol. The average Bonchev–Trinajstić information content (AvgIpc) is 3.24. The molecule has 0 fully saturated rings. The van der Waals surface area contributed by atoms with Crippen molar-refractivity contribution in [3.05, 3.63) is 89.8 Å². The topological polar surface area (TPSA) is 133 Å². The Hall–Kier alpha value is -3.83. The number of aromatic nitrogens is 3. The third-order valence-corrected chi connectivity index (χ3v) is 4.76. The van der Waals surface area contributed by atoms with Crippen LogP contribution in [0.3, 0.4) is 0 Å². The zero-order valence-electron chi connectivity index (χ0n) is 17.9.